The van der Waals surface area contributed by atoms with Crippen molar-refractivity contribution in [3.63, 3.8) is 0 Å². The van der Waals surface area contributed by atoms with Crippen LogP contribution in [0.4, 0.5) is 0 Å². The lowest BCUT2D eigenvalue weighted by atomic mass is 10.3. The molecule has 0 radical (unpaired) electrons. The number of morpholine rings is 1. The maximum absolute atomic E-state index is 11.8. The Morgan fingerprint density at radius 1 is 1.19 bits per heavy atom. The largest absolute Gasteiger partial charge is 0.379 e. The second kappa shape index (κ2) is 11.7. The van der Waals surface area contributed by atoms with Crippen molar-refractivity contribution < 1.29 is 4.74 Å². The van der Waals surface area contributed by atoms with Crippen molar-refractivity contribution in [2.24, 2.45) is 4.99 Å². The Bertz CT molecular complexity index is 608. The lowest BCUT2D eigenvalue weighted by Gasteiger charge is -2.26. The molecule has 0 aliphatic carbocycles. The van der Waals surface area contributed by atoms with E-state index in [0.717, 1.165) is 83.5 Å². The van der Waals surface area contributed by atoms with Gasteiger partial charge in [0.15, 0.2) is 5.96 Å². The van der Waals surface area contributed by atoms with Gasteiger partial charge in [0, 0.05) is 57.6 Å². The molecule has 1 fully saturated rings. The molecule has 2 N–H and O–H groups in total. The van der Waals surface area contributed by atoms with Crippen molar-refractivity contribution in [3.8, 4) is 0 Å². The van der Waals surface area contributed by atoms with Crippen LogP contribution in [0, 0.1) is 6.92 Å². The van der Waals surface area contributed by atoms with Crippen LogP contribution < -0.4 is 16.2 Å². The smallest absolute Gasteiger partial charge is 0.250 e. The van der Waals surface area contributed by atoms with Crippen molar-refractivity contribution in [1.82, 2.24) is 20.1 Å². The quantitative estimate of drug-likeness (QED) is 0.386. The van der Waals surface area contributed by atoms with E-state index < -0.39 is 0 Å². The molecule has 0 saturated carbocycles. The SMILES string of the molecule is CCNC(=NCCCCn1c(C)cccc1=O)NCCN1CCOCC1. The van der Waals surface area contributed by atoms with Gasteiger partial charge >= 0.3 is 0 Å². The standard InChI is InChI=1S/C19H33N5O2/c1-3-20-19(22-10-12-23-13-15-26-16-14-23)21-9-4-5-11-24-17(2)7-6-8-18(24)25/h6-8H,3-5,9-16H2,1-2H3,(H2,20,21,22). The van der Waals surface area contributed by atoms with Crippen molar-refractivity contribution in [1.29, 1.82) is 0 Å². The number of pyridine rings is 1. The predicted molar refractivity (Wildman–Crippen MR) is 106 cm³/mol. The molecule has 0 amide bonds. The number of ether oxygens (including phenoxy) is 1. The molecule has 0 unspecified atom stereocenters. The molecule has 1 aromatic rings. The zero-order valence-electron chi connectivity index (χ0n) is 16.2. The molecule has 1 aliphatic heterocycles. The average Bonchev–Trinajstić information content (AvgIpc) is 2.64. The monoisotopic (exact) mass is 363 g/mol. The minimum Gasteiger partial charge on any atom is -0.379 e. The van der Waals surface area contributed by atoms with Crippen molar-refractivity contribution in [2.75, 3.05) is 52.5 Å². The summed E-state index contributed by atoms with van der Waals surface area (Å²) in [4.78, 5) is 18.9. The number of nitrogens with zero attached hydrogens (tertiary/aromatic N) is 3. The summed E-state index contributed by atoms with van der Waals surface area (Å²) in [5.41, 5.74) is 1.09. The second-order valence-electron chi connectivity index (χ2n) is 6.51. The third-order valence-corrected chi connectivity index (χ3v) is 4.50. The third kappa shape index (κ3) is 7.17. The Kier molecular flexibility index (Phi) is 9.20. The van der Waals surface area contributed by atoms with E-state index in [1.165, 1.54) is 0 Å². The number of guanidine groups is 1. The molecule has 1 saturated heterocycles. The fraction of sp³-hybridized carbons (Fsp3) is 0.684. The highest BCUT2D eigenvalue weighted by atomic mass is 16.5. The van der Waals surface area contributed by atoms with E-state index >= 15 is 0 Å². The number of aryl methyl sites for hydroxylation is 1. The molecule has 1 aliphatic rings. The van der Waals surface area contributed by atoms with Crippen molar-refractivity contribution >= 4 is 5.96 Å². The molecular formula is C19H33N5O2. The summed E-state index contributed by atoms with van der Waals surface area (Å²) >= 11 is 0. The first-order chi connectivity index (χ1) is 12.7. The molecule has 146 valence electrons. The van der Waals surface area contributed by atoms with E-state index in [2.05, 4.69) is 27.4 Å². The fourth-order valence-corrected chi connectivity index (χ4v) is 2.98. The zero-order valence-corrected chi connectivity index (χ0v) is 16.2. The first-order valence-electron chi connectivity index (χ1n) is 9.69. The van der Waals surface area contributed by atoms with Gasteiger partial charge in [0.25, 0.3) is 5.56 Å². The summed E-state index contributed by atoms with van der Waals surface area (Å²) in [7, 11) is 0. The minimum absolute atomic E-state index is 0.0756. The van der Waals surface area contributed by atoms with E-state index in [1.807, 2.05) is 23.6 Å². The Labute approximate surface area is 156 Å². The zero-order chi connectivity index (χ0) is 18.6. The molecule has 0 spiro atoms. The second-order valence-corrected chi connectivity index (χ2v) is 6.51. The van der Waals surface area contributed by atoms with Gasteiger partial charge in [-0.05, 0) is 32.8 Å². The van der Waals surface area contributed by atoms with E-state index in [0.29, 0.717) is 0 Å². The highest BCUT2D eigenvalue weighted by Gasteiger charge is 2.09. The van der Waals surface area contributed by atoms with Crippen LogP contribution in [-0.4, -0.2) is 67.9 Å². The summed E-state index contributed by atoms with van der Waals surface area (Å²) in [6, 6.07) is 5.40. The number of rotatable bonds is 9. The first kappa shape index (κ1) is 20.5. The number of hydrogen-bond acceptors (Lipinski definition) is 4. The fourth-order valence-electron chi connectivity index (χ4n) is 2.98. The Balaban J connectivity index is 1.68. The summed E-state index contributed by atoms with van der Waals surface area (Å²) in [5, 5.41) is 6.68. The molecule has 2 heterocycles. The van der Waals surface area contributed by atoms with Crippen LogP contribution in [0.15, 0.2) is 28.0 Å². The van der Waals surface area contributed by atoms with Crippen LogP contribution in [0.5, 0.6) is 0 Å². The lowest BCUT2D eigenvalue weighted by molar-refractivity contribution is 0.0389. The molecule has 26 heavy (non-hydrogen) atoms. The summed E-state index contributed by atoms with van der Waals surface area (Å²) in [6.07, 6.45) is 1.91. The van der Waals surface area contributed by atoms with Gasteiger partial charge in [0.05, 0.1) is 13.2 Å². The van der Waals surface area contributed by atoms with Gasteiger partial charge in [-0.3, -0.25) is 14.7 Å². The highest BCUT2D eigenvalue weighted by molar-refractivity contribution is 5.79. The number of aliphatic imine (C=N–C) groups is 1. The van der Waals surface area contributed by atoms with Gasteiger partial charge in [0.2, 0.25) is 0 Å². The summed E-state index contributed by atoms with van der Waals surface area (Å²) < 4.78 is 7.20. The summed E-state index contributed by atoms with van der Waals surface area (Å²) in [6.45, 7) is 12.0. The lowest BCUT2D eigenvalue weighted by Crippen LogP contribution is -2.44. The van der Waals surface area contributed by atoms with Gasteiger partial charge in [0.1, 0.15) is 0 Å². The van der Waals surface area contributed by atoms with Gasteiger partial charge in [-0.25, -0.2) is 0 Å². The van der Waals surface area contributed by atoms with E-state index in [-0.39, 0.29) is 5.56 Å². The van der Waals surface area contributed by atoms with Gasteiger partial charge in [-0.15, -0.1) is 0 Å². The van der Waals surface area contributed by atoms with Crippen LogP contribution in [0.2, 0.25) is 0 Å². The highest BCUT2D eigenvalue weighted by Crippen LogP contribution is 1.99. The molecule has 2 rings (SSSR count). The van der Waals surface area contributed by atoms with Crippen molar-refractivity contribution in [3.05, 3.63) is 34.2 Å². The van der Waals surface area contributed by atoms with Gasteiger partial charge in [-0.2, -0.15) is 0 Å². The molecule has 1 aromatic heterocycles. The van der Waals surface area contributed by atoms with Gasteiger partial charge in [-0.1, -0.05) is 6.07 Å². The molecule has 7 heteroatoms. The van der Waals surface area contributed by atoms with E-state index in [4.69, 9.17) is 4.74 Å². The Morgan fingerprint density at radius 3 is 2.73 bits per heavy atom. The number of nitrogens with one attached hydrogen (secondary N) is 2. The number of unbranched alkanes of at least 4 members (excludes halogenated alkanes) is 1. The molecule has 0 aromatic carbocycles. The minimum atomic E-state index is 0.0756. The summed E-state index contributed by atoms with van der Waals surface area (Å²) in [5.74, 6) is 0.869. The van der Waals surface area contributed by atoms with Crippen LogP contribution >= 0.6 is 0 Å². The number of aromatic nitrogens is 1. The van der Waals surface area contributed by atoms with Crippen molar-refractivity contribution in [2.45, 2.75) is 33.2 Å². The normalized spacial score (nSPS) is 15.8. The molecule has 7 nitrogen and oxygen atoms in total. The maximum atomic E-state index is 11.8. The van der Waals surface area contributed by atoms with Crippen LogP contribution in [0.25, 0.3) is 0 Å². The topological polar surface area (TPSA) is 70.9 Å². The van der Waals surface area contributed by atoms with E-state index in [9.17, 15) is 4.79 Å². The average molecular weight is 364 g/mol. The van der Waals surface area contributed by atoms with Crippen LogP contribution in [-0.2, 0) is 11.3 Å². The predicted octanol–water partition coefficient (Wildman–Crippen LogP) is 0.824. The number of hydrogen-bond donors (Lipinski definition) is 2. The van der Waals surface area contributed by atoms with Gasteiger partial charge < -0.3 is 19.9 Å². The van der Waals surface area contributed by atoms with Crippen LogP contribution in [0.3, 0.4) is 0 Å². The molecular weight excluding hydrogens is 330 g/mol. The first-order valence-corrected chi connectivity index (χ1v) is 9.69. The molecule has 0 atom stereocenters. The molecule has 0 bridgehead atoms. The van der Waals surface area contributed by atoms with E-state index in [1.54, 1.807) is 6.07 Å². The Hall–Kier alpha value is -1.86. The third-order valence-electron chi connectivity index (χ3n) is 4.50. The maximum Gasteiger partial charge on any atom is 0.250 e. The van der Waals surface area contributed by atoms with Crippen LogP contribution in [0.1, 0.15) is 25.5 Å². The Morgan fingerprint density at radius 2 is 2.00 bits per heavy atom.